The van der Waals surface area contributed by atoms with Crippen LogP contribution >= 0.6 is 0 Å². The van der Waals surface area contributed by atoms with Crippen molar-refractivity contribution in [3.8, 4) is 17.2 Å². The van der Waals surface area contributed by atoms with E-state index in [2.05, 4.69) is 12.0 Å². The van der Waals surface area contributed by atoms with E-state index >= 15 is 0 Å². The van der Waals surface area contributed by atoms with Gasteiger partial charge in [0.25, 0.3) is 5.56 Å². The fraction of sp³-hybridized carbons (Fsp3) is 0.333. The third kappa shape index (κ3) is 5.51. The van der Waals surface area contributed by atoms with Crippen LogP contribution in [0.5, 0.6) is 11.5 Å². The van der Waals surface area contributed by atoms with Gasteiger partial charge < -0.3 is 14.2 Å². The van der Waals surface area contributed by atoms with Crippen LogP contribution in [0.2, 0.25) is 0 Å². The normalized spacial score (nSPS) is 11.7. The molecule has 10 heteroatoms. The third-order valence-corrected chi connectivity index (χ3v) is 5.13. The highest BCUT2D eigenvalue weighted by Gasteiger charge is 2.18. The van der Waals surface area contributed by atoms with Crippen LogP contribution in [0, 0.1) is 5.82 Å². The van der Waals surface area contributed by atoms with Gasteiger partial charge in [-0.05, 0) is 37.1 Å². The molecule has 0 N–H and O–H groups in total. The summed E-state index contributed by atoms with van der Waals surface area (Å²) >= 11 is 0. The number of aromatic nitrogens is 3. The van der Waals surface area contributed by atoms with Crippen LogP contribution in [0.25, 0.3) is 5.69 Å². The standard InChI is InChI=1S/C24H26FN3O6/c1-5-6-16-7-8-17(21(11-16)34-15(2)23(30)32-4)14-33-18-9-10-20(19(25)12-18)28-24(31)27(3)22(29)13-26-28/h7-13,15H,5-6,14H2,1-4H3. The molecule has 3 rings (SSSR count). The summed E-state index contributed by atoms with van der Waals surface area (Å²) in [6.07, 6.45) is 1.91. The Bertz CT molecular complexity index is 1300. The lowest BCUT2D eigenvalue weighted by Crippen LogP contribution is -2.38. The van der Waals surface area contributed by atoms with Gasteiger partial charge in [-0.1, -0.05) is 25.5 Å². The molecule has 0 aliphatic carbocycles. The lowest BCUT2D eigenvalue weighted by Gasteiger charge is -2.17. The summed E-state index contributed by atoms with van der Waals surface area (Å²) in [7, 11) is 2.57. The Kier molecular flexibility index (Phi) is 7.83. The number of benzene rings is 2. The molecule has 2 aromatic carbocycles. The molecule has 0 radical (unpaired) electrons. The second kappa shape index (κ2) is 10.8. The fourth-order valence-electron chi connectivity index (χ4n) is 3.23. The van der Waals surface area contributed by atoms with Gasteiger partial charge in [0.2, 0.25) is 0 Å². The molecule has 0 saturated carbocycles. The number of aryl methyl sites for hydroxylation is 1. The number of esters is 1. The molecule has 9 nitrogen and oxygen atoms in total. The van der Waals surface area contributed by atoms with Crippen molar-refractivity contribution in [2.75, 3.05) is 7.11 Å². The van der Waals surface area contributed by atoms with Crippen LogP contribution in [0.4, 0.5) is 4.39 Å². The second-order valence-corrected chi connectivity index (χ2v) is 7.61. The quantitative estimate of drug-likeness (QED) is 0.442. The van der Waals surface area contributed by atoms with Crippen molar-refractivity contribution >= 4 is 5.97 Å². The van der Waals surface area contributed by atoms with E-state index in [1.54, 1.807) is 6.92 Å². The molecule has 0 spiro atoms. The zero-order chi connectivity index (χ0) is 24.8. The summed E-state index contributed by atoms with van der Waals surface area (Å²) in [5.41, 5.74) is 0.229. The molecule has 0 aliphatic rings. The lowest BCUT2D eigenvalue weighted by atomic mass is 10.1. The Morgan fingerprint density at radius 3 is 2.62 bits per heavy atom. The summed E-state index contributed by atoms with van der Waals surface area (Å²) in [4.78, 5) is 35.6. The molecule has 1 atom stereocenters. The molecule has 0 bridgehead atoms. The Balaban J connectivity index is 1.83. The molecule has 1 unspecified atom stereocenters. The monoisotopic (exact) mass is 471 g/mol. The molecule has 34 heavy (non-hydrogen) atoms. The molecule has 0 aliphatic heterocycles. The highest BCUT2D eigenvalue weighted by molar-refractivity contribution is 5.74. The number of hydrogen-bond acceptors (Lipinski definition) is 7. The van der Waals surface area contributed by atoms with Gasteiger partial charge in [0, 0.05) is 18.7 Å². The fourth-order valence-corrected chi connectivity index (χ4v) is 3.23. The summed E-state index contributed by atoms with van der Waals surface area (Å²) in [5, 5.41) is 3.71. The minimum absolute atomic E-state index is 0.0481. The van der Waals surface area contributed by atoms with Gasteiger partial charge in [-0.3, -0.25) is 9.36 Å². The van der Waals surface area contributed by atoms with Gasteiger partial charge in [-0.15, -0.1) is 0 Å². The maximum Gasteiger partial charge on any atom is 0.352 e. The topological polar surface area (TPSA) is 102 Å². The predicted octanol–water partition coefficient (Wildman–Crippen LogP) is 2.54. The maximum atomic E-state index is 14.7. The van der Waals surface area contributed by atoms with Crippen molar-refractivity contribution in [2.24, 2.45) is 7.05 Å². The first kappa shape index (κ1) is 24.7. The van der Waals surface area contributed by atoms with Crippen LogP contribution in [0.1, 0.15) is 31.4 Å². The van der Waals surface area contributed by atoms with E-state index in [4.69, 9.17) is 14.2 Å². The first-order valence-electron chi connectivity index (χ1n) is 10.7. The van der Waals surface area contributed by atoms with E-state index in [1.807, 2.05) is 18.2 Å². The zero-order valence-electron chi connectivity index (χ0n) is 19.4. The van der Waals surface area contributed by atoms with Crippen LogP contribution in [-0.4, -0.2) is 33.5 Å². The third-order valence-electron chi connectivity index (χ3n) is 5.13. The van der Waals surface area contributed by atoms with Crippen LogP contribution in [0.15, 0.2) is 52.2 Å². The Morgan fingerprint density at radius 2 is 1.94 bits per heavy atom. The summed E-state index contributed by atoms with van der Waals surface area (Å²) in [6.45, 7) is 3.70. The summed E-state index contributed by atoms with van der Waals surface area (Å²) < 4.78 is 32.7. The molecular weight excluding hydrogens is 445 g/mol. The van der Waals surface area contributed by atoms with Crippen molar-refractivity contribution in [1.29, 1.82) is 0 Å². The molecular formula is C24H26FN3O6. The average molecular weight is 471 g/mol. The molecule has 3 aromatic rings. The van der Waals surface area contributed by atoms with E-state index in [0.29, 0.717) is 11.3 Å². The number of nitrogens with zero attached hydrogens (tertiary/aromatic N) is 3. The van der Waals surface area contributed by atoms with Gasteiger partial charge >= 0.3 is 11.7 Å². The van der Waals surface area contributed by atoms with Crippen molar-refractivity contribution < 1.29 is 23.4 Å². The van der Waals surface area contributed by atoms with E-state index in [1.165, 1.54) is 26.3 Å². The number of rotatable bonds is 9. The molecule has 1 aromatic heterocycles. The van der Waals surface area contributed by atoms with Gasteiger partial charge in [-0.25, -0.2) is 14.0 Å². The molecule has 0 saturated heterocycles. The Labute approximate surface area is 195 Å². The smallest absolute Gasteiger partial charge is 0.352 e. The lowest BCUT2D eigenvalue weighted by molar-refractivity contribution is -0.147. The van der Waals surface area contributed by atoms with Crippen molar-refractivity contribution in [2.45, 2.75) is 39.4 Å². The average Bonchev–Trinajstić information content (AvgIpc) is 2.82. The van der Waals surface area contributed by atoms with E-state index in [-0.39, 0.29) is 18.0 Å². The molecule has 180 valence electrons. The van der Waals surface area contributed by atoms with E-state index < -0.39 is 29.1 Å². The summed E-state index contributed by atoms with van der Waals surface area (Å²) in [6, 6.07) is 9.58. The molecule has 0 amide bonds. The van der Waals surface area contributed by atoms with E-state index in [0.717, 1.165) is 39.9 Å². The molecule has 1 heterocycles. The molecule has 0 fully saturated rings. The highest BCUT2D eigenvalue weighted by Crippen LogP contribution is 2.26. The minimum atomic E-state index is -0.815. The number of halogens is 1. The first-order chi connectivity index (χ1) is 16.2. The first-order valence-corrected chi connectivity index (χ1v) is 10.7. The van der Waals surface area contributed by atoms with Crippen LogP contribution < -0.4 is 20.7 Å². The maximum absolute atomic E-state index is 14.7. The van der Waals surface area contributed by atoms with Crippen molar-refractivity contribution in [1.82, 2.24) is 14.3 Å². The van der Waals surface area contributed by atoms with Crippen molar-refractivity contribution in [3.05, 3.63) is 80.4 Å². The number of ether oxygens (including phenoxy) is 3. The zero-order valence-corrected chi connectivity index (χ0v) is 19.4. The number of carbonyl (C=O) groups is 1. The minimum Gasteiger partial charge on any atom is -0.489 e. The highest BCUT2D eigenvalue weighted by atomic mass is 19.1. The Morgan fingerprint density at radius 1 is 1.18 bits per heavy atom. The SMILES string of the molecule is CCCc1ccc(COc2ccc(-n3ncc(=O)n(C)c3=O)c(F)c2)c(OC(C)C(=O)OC)c1. The van der Waals surface area contributed by atoms with E-state index in [9.17, 15) is 18.8 Å². The van der Waals surface area contributed by atoms with Gasteiger partial charge in [0.05, 0.1) is 7.11 Å². The Hall–Kier alpha value is -3.95. The predicted molar refractivity (Wildman–Crippen MR) is 122 cm³/mol. The largest absolute Gasteiger partial charge is 0.489 e. The summed E-state index contributed by atoms with van der Waals surface area (Å²) in [5.74, 6) is -0.571. The number of hydrogen-bond donors (Lipinski definition) is 0. The number of methoxy groups -OCH3 is 1. The number of carbonyl (C=O) groups excluding carboxylic acids is 1. The van der Waals surface area contributed by atoms with Crippen molar-refractivity contribution in [3.63, 3.8) is 0 Å². The van der Waals surface area contributed by atoms with Crippen LogP contribution in [0.3, 0.4) is 0 Å². The second-order valence-electron chi connectivity index (χ2n) is 7.61. The van der Waals surface area contributed by atoms with Gasteiger partial charge in [0.1, 0.15) is 30.0 Å². The van der Waals surface area contributed by atoms with Gasteiger partial charge in [-0.2, -0.15) is 9.78 Å². The van der Waals surface area contributed by atoms with Crippen LogP contribution in [-0.2, 0) is 29.6 Å². The van der Waals surface area contributed by atoms with Gasteiger partial charge in [0.15, 0.2) is 11.9 Å².